The van der Waals surface area contributed by atoms with E-state index in [0.29, 0.717) is 18.1 Å². The van der Waals surface area contributed by atoms with Gasteiger partial charge in [0.25, 0.3) is 0 Å². The number of aliphatic hydroxyl groups is 1. The van der Waals surface area contributed by atoms with E-state index in [0.717, 1.165) is 23.5 Å². The summed E-state index contributed by atoms with van der Waals surface area (Å²) in [6, 6.07) is 8.02. The minimum atomic E-state index is -0.517. The molecule has 0 saturated heterocycles. The van der Waals surface area contributed by atoms with Gasteiger partial charge >= 0.3 is 0 Å². The molecule has 21 heavy (non-hydrogen) atoms. The van der Waals surface area contributed by atoms with Crippen molar-refractivity contribution in [3.63, 3.8) is 0 Å². The van der Waals surface area contributed by atoms with E-state index in [9.17, 15) is 5.11 Å². The number of rotatable bonds is 4. The van der Waals surface area contributed by atoms with E-state index in [2.05, 4.69) is 20.8 Å². The first-order chi connectivity index (χ1) is 9.86. The summed E-state index contributed by atoms with van der Waals surface area (Å²) >= 11 is 0. The summed E-state index contributed by atoms with van der Waals surface area (Å²) in [5.74, 6) is 0.781. The van der Waals surface area contributed by atoms with Gasteiger partial charge in [0.1, 0.15) is 6.10 Å². The smallest absolute Gasteiger partial charge is 0.103 e. The molecule has 1 N–H and O–H groups in total. The topological polar surface area (TPSA) is 29.5 Å². The van der Waals surface area contributed by atoms with Crippen molar-refractivity contribution in [3.05, 3.63) is 35.4 Å². The number of hydrogen-bond acceptors (Lipinski definition) is 2. The monoisotopic (exact) mass is 288 g/mol. The number of aryl methyl sites for hydroxylation is 1. The molecule has 4 unspecified atom stereocenters. The molecule has 2 saturated carbocycles. The summed E-state index contributed by atoms with van der Waals surface area (Å²) in [5, 5.41) is 10.4. The second-order valence-corrected chi connectivity index (χ2v) is 7.80. The molecule has 2 aliphatic rings. The quantitative estimate of drug-likeness (QED) is 0.897. The summed E-state index contributed by atoms with van der Waals surface area (Å²) in [6.07, 6.45) is 3.53. The Bertz CT molecular complexity index is 522. The molecule has 2 bridgehead atoms. The number of ether oxygens (including phenoxy) is 1. The van der Waals surface area contributed by atoms with Gasteiger partial charge in [0.2, 0.25) is 0 Å². The van der Waals surface area contributed by atoms with Crippen LogP contribution in [0.15, 0.2) is 24.3 Å². The maximum Gasteiger partial charge on any atom is 0.103 e. The van der Waals surface area contributed by atoms with Crippen LogP contribution in [0.4, 0.5) is 0 Å². The zero-order valence-electron chi connectivity index (χ0n) is 13.7. The van der Waals surface area contributed by atoms with E-state index in [4.69, 9.17) is 4.74 Å². The van der Waals surface area contributed by atoms with E-state index in [1.54, 1.807) is 0 Å². The van der Waals surface area contributed by atoms with E-state index in [1.165, 1.54) is 12.8 Å². The molecule has 4 atom stereocenters. The molecule has 116 valence electrons. The molecule has 1 aromatic rings. The second kappa shape index (κ2) is 5.10. The van der Waals surface area contributed by atoms with Crippen LogP contribution in [0.5, 0.6) is 0 Å². The van der Waals surface area contributed by atoms with Crippen molar-refractivity contribution >= 4 is 0 Å². The first-order valence-corrected chi connectivity index (χ1v) is 8.21. The van der Waals surface area contributed by atoms with Gasteiger partial charge in [-0.25, -0.2) is 0 Å². The lowest BCUT2D eigenvalue weighted by atomic mass is 9.70. The summed E-state index contributed by atoms with van der Waals surface area (Å²) in [6.45, 7) is 9.62. The first kappa shape index (κ1) is 15.1. The van der Waals surface area contributed by atoms with Crippen molar-refractivity contribution < 1.29 is 9.84 Å². The molecule has 0 aromatic heterocycles. The lowest BCUT2D eigenvalue weighted by molar-refractivity contribution is -0.0757. The highest BCUT2D eigenvalue weighted by Gasteiger charge is 2.61. The van der Waals surface area contributed by atoms with Crippen molar-refractivity contribution in [2.24, 2.45) is 16.7 Å². The summed E-state index contributed by atoms with van der Waals surface area (Å²) in [4.78, 5) is 0. The van der Waals surface area contributed by atoms with Crippen molar-refractivity contribution in [2.45, 2.75) is 59.2 Å². The fourth-order valence-corrected chi connectivity index (χ4v) is 4.64. The van der Waals surface area contributed by atoms with Crippen LogP contribution in [0.25, 0.3) is 0 Å². The van der Waals surface area contributed by atoms with Gasteiger partial charge in [-0.2, -0.15) is 0 Å². The molecule has 0 radical (unpaired) electrons. The SMILES string of the molecule is Cc1ccccc1C(O)COC1CC2CCC1(C)C2(C)C. The normalized spacial score (nSPS) is 35.1. The standard InChI is InChI=1S/C19H28O2/c1-13-7-5-6-8-15(13)16(20)12-21-17-11-14-9-10-19(17,4)18(14,2)3/h5-8,14,16-17,20H,9-12H2,1-4H3. The van der Waals surface area contributed by atoms with Gasteiger partial charge in [0.15, 0.2) is 0 Å². The van der Waals surface area contributed by atoms with Crippen molar-refractivity contribution in [1.82, 2.24) is 0 Å². The molecule has 2 fully saturated rings. The van der Waals surface area contributed by atoms with Gasteiger partial charge in [-0.1, -0.05) is 45.0 Å². The highest BCUT2D eigenvalue weighted by Crippen LogP contribution is 2.66. The third-order valence-corrected chi connectivity index (χ3v) is 6.72. The van der Waals surface area contributed by atoms with E-state index in [-0.39, 0.29) is 5.41 Å². The van der Waals surface area contributed by atoms with Crippen molar-refractivity contribution in [1.29, 1.82) is 0 Å². The Morgan fingerprint density at radius 2 is 2.00 bits per heavy atom. The van der Waals surface area contributed by atoms with Crippen LogP contribution in [0.3, 0.4) is 0 Å². The summed E-state index contributed by atoms with van der Waals surface area (Å²) < 4.78 is 6.20. The molecule has 3 rings (SSSR count). The Kier molecular flexibility index (Phi) is 3.66. The Morgan fingerprint density at radius 1 is 1.29 bits per heavy atom. The Balaban J connectivity index is 1.66. The average Bonchev–Trinajstić information content (AvgIpc) is 2.78. The number of hydrogen-bond donors (Lipinski definition) is 1. The number of aliphatic hydroxyl groups excluding tert-OH is 1. The molecule has 2 aliphatic carbocycles. The van der Waals surface area contributed by atoms with E-state index >= 15 is 0 Å². The molecule has 0 aliphatic heterocycles. The lowest BCUT2D eigenvalue weighted by Crippen LogP contribution is -2.37. The van der Waals surface area contributed by atoms with E-state index < -0.39 is 6.10 Å². The lowest BCUT2D eigenvalue weighted by Gasteiger charge is -2.39. The molecule has 0 heterocycles. The predicted molar refractivity (Wildman–Crippen MR) is 85.1 cm³/mol. The van der Waals surface area contributed by atoms with Crippen LogP contribution in [-0.4, -0.2) is 17.8 Å². The average molecular weight is 288 g/mol. The number of benzene rings is 1. The highest BCUT2D eigenvalue weighted by molar-refractivity contribution is 5.27. The van der Waals surface area contributed by atoms with E-state index in [1.807, 2.05) is 31.2 Å². The van der Waals surface area contributed by atoms with Gasteiger partial charge < -0.3 is 9.84 Å². The van der Waals surface area contributed by atoms with Crippen LogP contribution < -0.4 is 0 Å². The van der Waals surface area contributed by atoms with Crippen molar-refractivity contribution in [2.75, 3.05) is 6.61 Å². The predicted octanol–water partition coefficient (Wildman–Crippen LogP) is 4.26. The second-order valence-electron chi connectivity index (χ2n) is 7.80. The molecular weight excluding hydrogens is 260 g/mol. The Hall–Kier alpha value is -0.860. The number of fused-ring (bicyclic) bond motifs is 2. The summed E-state index contributed by atoms with van der Waals surface area (Å²) in [5.41, 5.74) is 2.76. The van der Waals surface area contributed by atoms with Gasteiger partial charge in [-0.05, 0) is 54.1 Å². The van der Waals surface area contributed by atoms with Gasteiger partial charge in [0, 0.05) is 0 Å². The maximum absolute atomic E-state index is 10.4. The van der Waals surface area contributed by atoms with Gasteiger partial charge in [0.05, 0.1) is 12.7 Å². The van der Waals surface area contributed by atoms with Crippen LogP contribution in [0.2, 0.25) is 0 Å². The van der Waals surface area contributed by atoms with Crippen LogP contribution in [-0.2, 0) is 4.74 Å². The molecule has 2 nitrogen and oxygen atoms in total. The summed E-state index contributed by atoms with van der Waals surface area (Å²) in [7, 11) is 0. The van der Waals surface area contributed by atoms with Crippen LogP contribution in [0, 0.1) is 23.7 Å². The molecular formula is C19H28O2. The maximum atomic E-state index is 10.4. The van der Waals surface area contributed by atoms with Crippen molar-refractivity contribution in [3.8, 4) is 0 Å². The Morgan fingerprint density at radius 3 is 2.57 bits per heavy atom. The Labute approximate surface area is 128 Å². The zero-order chi connectivity index (χ0) is 15.3. The van der Waals surface area contributed by atoms with Crippen LogP contribution >= 0.6 is 0 Å². The molecule has 1 aromatic carbocycles. The molecule has 0 amide bonds. The fourth-order valence-electron chi connectivity index (χ4n) is 4.64. The largest absolute Gasteiger partial charge is 0.386 e. The van der Waals surface area contributed by atoms with Gasteiger partial charge in [-0.3, -0.25) is 0 Å². The fraction of sp³-hybridized carbons (Fsp3) is 0.684. The molecule has 0 spiro atoms. The van der Waals surface area contributed by atoms with Gasteiger partial charge in [-0.15, -0.1) is 0 Å². The van der Waals surface area contributed by atoms with Crippen LogP contribution in [0.1, 0.15) is 57.3 Å². The zero-order valence-corrected chi connectivity index (χ0v) is 13.7. The highest BCUT2D eigenvalue weighted by atomic mass is 16.5. The molecule has 2 heteroatoms. The third-order valence-electron chi connectivity index (χ3n) is 6.72. The minimum absolute atomic E-state index is 0.267. The third kappa shape index (κ3) is 2.24. The first-order valence-electron chi connectivity index (χ1n) is 8.21. The minimum Gasteiger partial charge on any atom is -0.386 e.